The summed E-state index contributed by atoms with van der Waals surface area (Å²) in [7, 11) is 1.37. The molecule has 3 N–H and O–H groups in total. The molecule has 2 amide bonds. The van der Waals surface area contributed by atoms with Crippen molar-refractivity contribution in [3.8, 4) is 5.75 Å². The van der Waals surface area contributed by atoms with Gasteiger partial charge in [-0.25, -0.2) is 4.39 Å². The Hall–Kier alpha value is -2.89. The fraction of sp³-hybridized carbons (Fsp3) is 0.125. The lowest BCUT2D eigenvalue weighted by atomic mass is 10.1. The van der Waals surface area contributed by atoms with Crippen molar-refractivity contribution in [2.75, 3.05) is 7.11 Å². The molecular weight excluding hydrogens is 287 g/mol. The summed E-state index contributed by atoms with van der Waals surface area (Å²) in [5.41, 5.74) is 5.87. The normalized spacial score (nSPS) is 11.5. The highest BCUT2D eigenvalue weighted by Crippen LogP contribution is 2.21. The van der Waals surface area contributed by atoms with E-state index < -0.39 is 23.7 Å². The highest BCUT2D eigenvalue weighted by atomic mass is 19.1. The van der Waals surface area contributed by atoms with E-state index in [9.17, 15) is 14.0 Å². The molecule has 0 saturated heterocycles. The van der Waals surface area contributed by atoms with Gasteiger partial charge < -0.3 is 15.8 Å². The van der Waals surface area contributed by atoms with Crippen LogP contribution in [0.3, 0.4) is 0 Å². The molecule has 0 aliphatic heterocycles. The van der Waals surface area contributed by atoms with Gasteiger partial charge in [0.1, 0.15) is 17.6 Å². The predicted octanol–water partition coefficient (Wildman–Crippen LogP) is 1.79. The Bertz CT molecular complexity index is 689. The molecule has 2 aromatic carbocycles. The van der Waals surface area contributed by atoms with Gasteiger partial charge in [-0.2, -0.15) is 0 Å². The highest BCUT2D eigenvalue weighted by molar-refractivity contribution is 5.99. The third-order valence-corrected chi connectivity index (χ3v) is 3.10. The summed E-state index contributed by atoms with van der Waals surface area (Å²) in [5.74, 6) is -1.74. The molecule has 22 heavy (non-hydrogen) atoms. The predicted molar refractivity (Wildman–Crippen MR) is 78.8 cm³/mol. The molecule has 0 aliphatic carbocycles. The quantitative estimate of drug-likeness (QED) is 0.883. The first-order chi connectivity index (χ1) is 10.5. The first kappa shape index (κ1) is 15.5. The fourth-order valence-electron chi connectivity index (χ4n) is 2.03. The van der Waals surface area contributed by atoms with Crippen molar-refractivity contribution in [1.29, 1.82) is 0 Å². The minimum Gasteiger partial charge on any atom is -0.496 e. The number of carbonyl (C=O) groups excluding carboxylic acids is 2. The van der Waals surface area contributed by atoms with Crippen molar-refractivity contribution in [1.82, 2.24) is 5.32 Å². The molecule has 0 saturated carbocycles. The molecule has 1 atom stereocenters. The van der Waals surface area contributed by atoms with Crippen LogP contribution in [0.1, 0.15) is 22.0 Å². The Labute approximate surface area is 126 Å². The first-order valence-electron chi connectivity index (χ1n) is 6.51. The molecule has 2 aromatic rings. The Morgan fingerprint density at radius 2 is 1.86 bits per heavy atom. The number of amides is 2. The minimum absolute atomic E-state index is 0.00955. The smallest absolute Gasteiger partial charge is 0.256 e. The standard InChI is InChI=1S/C16H15FN2O3/c1-22-13-8-7-11(17)9-12(13)16(21)19-14(15(18)20)10-5-3-2-4-6-10/h2-9,14H,1H3,(H2,18,20)(H,19,21)/t14-/m1/s1. The van der Waals surface area contributed by atoms with Gasteiger partial charge in [-0.3, -0.25) is 9.59 Å². The summed E-state index contributed by atoms with van der Waals surface area (Å²) in [6, 6.07) is 11.1. The Morgan fingerprint density at radius 3 is 2.45 bits per heavy atom. The monoisotopic (exact) mass is 302 g/mol. The topological polar surface area (TPSA) is 81.4 Å². The number of ether oxygens (including phenoxy) is 1. The molecule has 5 nitrogen and oxygen atoms in total. The lowest BCUT2D eigenvalue weighted by molar-refractivity contribution is -0.120. The van der Waals surface area contributed by atoms with Crippen molar-refractivity contribution < 1.29 is 18.7 Å². The van der Waals surface area contributed by atoms with Gasteiger partial charge in [0.15, 0.2) is 0 Å². The summed E-state index contributed by atoms with van der Waals surface area (Å²) in [6.45, 7) is 0. The molecular formula is C16H15FN2O3. The number of hydrogen-bond acceptors (Lipinski definition) is 3. The third-order valence-electron chi connectivity index (χ3n) is 3.10. The zero-order valence-corrected chi connectivity index (χ0v) is 11.9. The molecule has 0 spiro atoms. The van der Waals surface area contributed by atoms with Crippen molar-refractivity contribution in [3.63, 3.8) is 0 Å². The number of halogens is 1. The van der Waals surface area contributed by atoms with Gasteiger partial charge in [-0.05, 0) is 23.8 Å². The van der Waals surface area contributed by atoms with Crippen LogP contribution in [-0.4, -0.2) is 18.9 Å². The number of nitrogens with one attached hydrogen (secondary N) is 1. The zero-order chi connectivity index (χ0) is 16.1. The van der Waals surface area contributed by atoms with Gasteiger partial charge in [0, 0.05) is 0 Å². The molecule has 0 radical (unpaired) electrons. The maximum atomic E-state index is 13.3. The summed E-state index contributed by atoms with van der Waals surface area (Å²) in [4.78, 5) is 23.9. The van der Waals surface area contributed by atoms with Crippen molar-refractivity contribution >= 4 is 11.8 Å². The lowest BCUT2D eigenvalue weighted by Crippen LogP contribution is -2.37. The minimum atomic E-state index is -1.01. The average molecular weight is 302 g/mol. The molecule has 6 heteroatoms. The van der Waals surface area contributed by atoms with E-state index in [-0.39, 0.29) is 11.3 Å². The van der Waals surface area contributed by atoms with Crippen LogP contribution in [0.5, 0.6) is 5.75 Å². The van der Waals surface area contributed by atoms with E-state index in [0.29, 0.717) is 5.56 Å². The molecule has 114 valence electrons. The Kier molecular flexibility index (Phi) is 4.73. The molecule has 0 aliphatic rings. The van der Waals surface area contributed by atoms with Crippen LogP contribution in [0.15, 0.2) is 48.5 Å². The molecule has 0 unspecified atom stereocenters. The Balaban J connectivity index is 2.30. The van der Waals surface area contributed by atoms with Crippen LogP contribution in [-0.2, 0) is 4.79 Å². The van der Waals surface area contributed by atoms with E-state index in [1.807, 2.05) is 0 Å². The van der Waals surface area contributed by atoms with Gasteiger partial charge in [0.05, 0.1) is 12.7 Å². The van der Waals surface area contributed by atoms with E-state index in [1.54, 1.807) is 30.3 Å². The summed E-state index contributed by atoms with van der Waals surface area (Å²) >= 11 is 0. The maximum absolute atomic E-state index is 13.3. The maximum Gasteiger partial charge on any atom is 0.256 e. The second-order valence-corrected chi connectivity index (χ2v) is 4.56. The zero-order valence-electron chi connectivity index (χ0n) is 11.9. The number of benzene rings is 2. The van der Waals surface area contributed by atoms with Crippen LogP contribution < -0.4 is 15.8 Å². The van der Waals surface area contributed by atoms with Crippen molar-refractivity contribution in [2.45, 2.75) is 6.04 Å². The molecule has 0 aromatic heterocycles. The van der Waals surface area contributed by atoms with Gasteiger partial charge >= 0.3 is 0 Å². The largest absolute Gasteiger partial charge is 0.496 e. The van der Waals surface area contributed by atoms with Crippen LogP contribution in [0.25, 0.3) is 0 Å². The van der Waals surface area contributed by atoms with Crippen LogP contribution in [0, 0.1) is 5.82 Å². The van der Waals surface area contributed by atoms with Crippen LogP contribution >= 0.6 is 0 Å². The highest BCUT2D eigenvalue weighted by Gasteiger charge is 2.22. The third kappa shape index (κ3) is 3.41. The van der Waals surface area contributed by atoms with Crippen LogP contribution in [0.4, 0.5) is 4.39 Å². The van der Waals surface area contributed by atoms with Gasteiger partial charge in [-0.1, -0.05) is 30.3 Å². The first-order valence-corrected chi connectivity index (χ1v) is 6.51. The van der Waals surface area contributed by atoms with Gasteiger partial charge in [0.25, 0.3) is 5.91 Å². The van der Waals surface area contributed by atoms with E-state index in [0.717, 1.165) is 6.07 Å². The van der Waals surface area contributed by atoms with Gasteiger partial charge in [0.2, 0.25) is 5.91 Å². The van der Waals surface area contributed by atoms with Gasteiger partial charge in [-0.15, -0.1) is 0 Å². The molecule has 0 fully saturated rings. The Morgan fingerprint density at radius 1 is 1.18 bits per heavy atom. The van der Waals surface area contributed by atoms with E-state index in [2.05, 4.69) is 5.32 Å². The SMILES string of the molecule is COc1ccc(F)cc1C(=O)N[C@@H](C(N)=O)c1ccccc1. The van der Waals surface area contributed by atoms with E-state index in [4.69, 9.17) is 10.5 Å². The lowest BCUT2D eigenvalue weighted by Gasteiger charge is -2.17. The second-order valence-electron chi connectivity index (χ2n) is 4.56. The summed E-state index contributed by atoms with van der Waals surface area (Å²) in [5, 5.41) is 2.49. The summed E-state index contributed by atoms with van der Waals surface area (Å²) in [6.07, 6.45) is 0. The summed E-state index contributed by atoms with van der Waals surface area (Å²) < 4.78 is 18.4. The number of methoxy groups -OCH3 is 1. The van der Waals surface area contributed by atoms with Crippen molar-refractivity contribution in [2.24, 2.45) is 5.73 Å². The van der Waals surface area contributed by atoms with E-state index >= 15 is 0 Å². The average Bonchev–Trinajstić information content (AvgIpc) is 2.52. The second kappa shape index (κ2) is 6.71. The number of carbonyl (C=O) groups is 2. The number of primary amides is 1. The number of hydrogen-bond donors (Lipinski definition) is 2. The van der Waals surface area contributed by atoms with Crippen molar-refractivity contribution in [3.05, 3.63) is 65.5 Å². The molecule has 0 heterocycles. The number of nitrogens with two attached hydrogens (primary N) is 1. The molecule has 0 bridgehead atoms. The van der Waals surface area contributed by atoms with Crippen LogP contribution in [0.2, 0.25) is 0 Å². The van der Waals surface area contributed by atoms with E-state index in [1.165, 1.54) is 19.2 Å². The number of rotatable bonds is 5. The molecule has 2 rings (SSSR count). The fourth-order valence-corrected chi connectivity index (χ4v) is 2.03.